The smallest absolute Gasteiger partial charge is 0.266 e. The number of hydrogen-bond donors (Lipinski definition) is 2. The van der Waals surface area contributed by atoms with E-state index in [4.69, 9.17) is 11.6 Å². The number of hydrogen-bond acceptors (Lipinski definition) is 4. The van der Waals surface area contributed by atoms with Gasteiger partial charge in [-0.1, -0.05) is 11.6 Å². The normalized spacial score (nSPS) is 11.7. The van der Waals surface area contributed by atoms with Crippen molar-refractivity contribution < 1.29 is 8.42 Å². The van der Waals surface area contributed by atoms with Crippen molar-refractivity contribution in [1.82, 2.24) is 19.5 Å². The van der Waals surface area contributed by atoms with Crippen molar-refractivity contribution in [3.8, 4) is 0 Å². The van der Waals surface area contributed by atoms with Crippen molar-refractivity contribution in [1.29, 1.82) is 0 Å². The van der Waals surface area contributed by atoms with Gasteiger partial charge in [-0.05, 0) is 12.1 Å². The van der Waals surface area contributed by atoms with E-state index in [1.165, 1.54) is 0 Å². The summed E-state index contributed by atoms with van der Waals surface area (Å²) in [5, 5.41) is 3.75. The zero-order valence-electron chi connectivity index (χ0n) is 9.92. The van der Waals surface area contributed by atoms with Crippen LogP contribution >= 0.6 is 11.6 Å². The van der Waals surface area contributed by atoms with Gasteiger partial charge < -0.3 is 4.98 Å². The van der Waals surface area contributed by atoms with Crippen molar-refractivity contribution in [3.63, 3.8) is 0 Å². The van der Waals surface area contributed by atoms with Crippen LogP contribution in [-0.2, 0) is 23.6 Å². The van der Waals surface area contributed by atoms with Gasteiger partial charge in [-0.3, -0.25) is 9.48 Å². The lowest BCUT2D eigenvalue weighted by Crippen LogP contribution is -2.25. The van der Waals surface area contributed by atoms with Crippen LogP contribution in [0.1, 0.15) is 5.69 Å². The first-order chi connectivity index (χ1) is 8.90. The highest BCUT2D eigenvalue weighted by Crippen LogP contribution is 2.10. The molecule has 0 spiro atoms. The molecule has 9 heteroatoms. The number of aromatic amines is 1. The molecule has 0 aliphatic rings. The van der Waals surface area contributed by atoms with E-state index in [9.17, 15) is 13.2 Å². The fourth-order valence-electron chi connectivity index (χ4n) is 1.42. The summed E-state index contributed by atoms with van der Waals surface area (Å²) in [5.41, 5.74) is 0.173. The number of pyridine rings is 1. The van der Waals surface area contributed by atoms with Gasteiger partial charge in [0.15, 0.2) is 0 Å². The van der Waals surface area contributed by atoms with Crippen LogP contribution in [0.3, 0.4) is 0 Å². The van der Waals surface area contributed by atoms with E-state index in [1.54, 1.807) is 24.0 Å². The molecule has 0 saturated carbocycles. The maximum atomic E-state index is 12.0. The van der Waals surface area contributed by atoms with Gasteiger partial charge in [0.05, 0.1) is 17.1 Å². The SMILES string of the molecule is Cn1nccc1CNS(=O)(=O)c1c[nH]c(=O)c(Cl)c1. The fraction of sp³-hybridized carbons (Fsp3) is 0.200. The summed E-state index contributed by atoms with van der Waals surface area (Å²) < 4.78 is 27.9. The van der Waals surface area contributed by atoms with Crippen LogP contribution in [0.4, 0.5) is 0 Å². The Hall–Kier alpha value is -1.64. The summed E-state index contributed by atoms with van der Waals surface area (Å²) in [4.78, 5) is 13.2. The molecule has 102 valence electrons. The Bertz CT molecular complexity index is 750. The standard InChI is InChI=1S/C10H11ClN4O3S/c1-15-7(2-3-13-15)5-14-19(17,18)8-4-9(11)10(16)12-6-8/h2-4,6,14H,5H2,1H3,(H,12,16). The Kier molecular flexibility index (Phi) is 3.74. The van der Waals surface area contributed by atoms with Gasteiger partial charge >= 0.3 is 0 Å². The summed E-state index contributed by atoms with van der Waals surface area (Å²) in [6, 6.07) is 2.80. The van der Waals surface area contributed by atoms with Crippen LogP contribution in [0.5, 0.6) is 0 Å². The lowest BCUT2D eigenvalue weighted by Gasteiger charge is -2.07. The minimum Gasteiger partial charge on any atom is -0.326 e. The molecule has 2 aromatic rings. The maximum absolute atomic E-state index is 12.0. The number of sulfonamides is 1. The Balaban J connectivity index is 2.21. The highest BCUT2D eigenvalue weighted by molar-refractivity contribution is 7.89. The number of nitrogens with zero attached hydrogens (tertiary/aromatic N) is 2. The zero-order chi connectivity index (χ0) is 14.0. The van der Waals surface area contributed by atoms with E-state index < -0.39 is 15.6 Å². The van der Waals surface area contributed by atoms with E-state index in [2.05, 4.69) is 14.8 Å². The molecule has 0 amide bonds. The summed E-state index contributed by atoms with van der Waals surface area (Å²) in [6.45, 7) is 0.0928. The number of aryl methyl sites for hydroxylation is 1. The zero-order valence-corrected chi connectivity index (χ0v) is 11.5. The Morgan fingerprint density at radius 3 is 2.84 bits per heavy atom. The molecule has 0 aliphatic carbocycles. The molecule has 7 nitrogen and oxygen atoms in total. The van der Waals surface area contributed by atoms with E-state index in [0.717, 1.165) is 12.3 Å². The second kappa shape index (κ2) is 5.16. The van der Waals surface area contributed by atoms with Crippen LogP contribution in [0, 0.1) is 0 Å². The Morgan fingerprint density at radius 2 is 2.26 bits per heavy atom. The monoisotopic (exact) mass is 302 g/mol. The van der Waals surface area contributed by atoms with Crippen LogP contribution < -0.4 is 10.3 Å². The van der Waals surface area contributed by atoms with Crippen LogP contribution in [0.15, 0.2) is 34.2 Å². The van der Waals surface area contributed by atoms with Crippen molar-refractivity contribution in [3.05, 3.63) is 45.6 Å². The molecule has 0 saturated heterocycles. The second-order valence-electron chi connectivity index (χ2n) is 3.78. The quantitative estimate of drug-likeness (QED) is 0.845. The summed E-state index contributed by atoms with van der Waals surface area (Å²) in [5.74, 6) is 0. The minimum absolute atomic E-state index is 0.0928. The van der Waals surface area contributed by atoms with Gasteiger partial charge in [-0.15, -0.1) is 0 Å². The predicted octanol–water partition coefficient (Wildman–Crippen LogP) is 0.240. The largest absolute Gasteiger partial charge is 0.326 e. The highest BCUT2D eigenvalue weighted by Gasteiger charge is 2.16. The molecular formula is C10H11ClN4O3S. The molecule has 0 aromatic carbocycles. The van der Waals surface area contributed by atoms with Crippen molar-refractivity contribution >= 4 is 21.6 Å². The number of nitrogens with one attached hydrogen (secondary N) is 2. The van der Waals surface area contributed by atoms with E-state index >= 15 is 0 Å². The molecule has 2 rings (SSSR count). The van der Waals surface area contributed by atoms with Gasteiger partial charge in [-0.2, -0.15) is 5.10 Å². The maximum Gasteiger partial charge on any atom is 0.266 e. The Morgan fingerprint density at radius 1 is 1.53 bits per heavy atom. The van der Waals surface area contributed by atoms with Crippen molar-refractivity contribution in [2.75, 3.05) is 0 Å². The topological polar surface area (TPSA) is 96.8 Å². The molecule has 0 unspecified atom stereocenters. The average Bonchev–Trinajstić information content (AvgIpc) is 2.76. The molecule has 2 heterocycles. The third kappa shape index (κ3) is 3.03. The average molecular weight is 303 g/mol. The van der Waals surface area contributed by atoms with Crippen LogP contribution in [0.2, 0.25) is 5.02 Å². The van der Waals surface area contributed by atoms with E-state index in [0.29, 0.717) is 5.69 Å². The van der Waals surface area contributed by atoms with Crippen molar-refractivity contribution in [2.45, 2.75) is 11.4 Å². The molecule has 0 aliphatic heterocycles. The third-order valence-corrected chi connectivity index (χ3v) is 4.17. The van der Waals surface area contributed by atoms with E-state index in [-0.39, 0.29) is 16.5 Å². The molecule has 0 radical (unpaired) electrons. The predicted molar refractivity (Wildman–Crippen MR) is 69.3 cm³/mol. The molecule has 2 aromatic heterocycles. The molecule has 0 fully saturated rings. The lowest BCUT2D eigenvalue weighted by molar-refractivity contribution is 0.576. The van der Waals surface area contributed by atoms with E-state index in [1.807, 2.05) is 0 Å². The first-order valence-electron chi connectivity index (χ1n) is 5.25. The van der Waals surface area contributed by atoms with Gasteiger partial charge in [0, 0.05) is 19.4 Å². The van der Waals surface area contributed by atoms with Gasteiger partial charge in [0.1, 0.15) is 5.02 Å². The number of halogens is 1. The third-order valence-electron chi connectivity index (χ3n) is 2.51. The summed E-state index contributed by atoms with van der Waals surface area (Å²) in [7, 11) is -2.03. The first kappa shape index (κ1) is 13.8. The fourth-order valence-corrected chi connectivity index (χ4v) is 2.65. The summed E-state index contributed by atoms with van der Waals surface area (Å²) >= 11 is 5.59. The molecule has 2 N–H and O–H groups in total. The minimum atomic E-state index is -3.74. The van der Waals surface area contributed by atoms with Crippen LogP contribution in [-0.4, -0.2) is 23.2 Å². The molecule has 0 atom stereocenters. The number of rotatable bonds is 4. The van der Waals surface area contributed by atoms with Crippen molar-refractivity contribution in [2.24, 2.45) is 7.05 Å². The number of aromatic nitrogens is 3. The van der Waals surface area contributed by atoms with Gasteiger partial charge in [0.25, 0.3) is 5.56 Å². The van der Waals surface area contributed by atoms with Crippen LogP contribution in [0.25, 0.3) is 0 Å². The lowest BCUT2D eigenvalue weighted by atomic mass is 10.4. The second-order valence-corrected chi connectivity index (χ2v) is 5.96. The Labute approximate surface area is 114 Å². The first-order valence-corrected chi connectivity index (χ1v) is 7.11. The van der Waals surface area contributed by atoms with Gasteiger partial charge in [-0.25, -0.2) is 13.1 Å². The molecular weight excluding hydrogens is 292 g/mol. The summed E-state index contributed by atoms with van der Waals surface area (Å²) in [6.07, 6.45) is 2.67. The molecule has 0 bridgehead atoms. The molecule has 19 heavy (non-hydrogen) atoms. The number of H-pyrrole nitrogens is 1. The van der Waals surface area contributed by atoms with Gasteiger partial charge in [0.2, 0.25) is 10.0 Å². The highest BCUT2D eigenvalue weighted by atomic mass is 35.5.